The molecule has 0 aromatic heterocycles. The third-order valence-corrected chi connectivity index (χ3v) is 5.58. The van der Waals surface area contributed by atoms with Gasteiger partial charge in [0.2, 0.25) is 5.91 Å². The maximum Gasteiger partial charge on any atom is 0.338 e. The Morgan fingerprint density at radius 1 is 1.12 bits per heavy atom. The fourth-order valence-corrected chi connectivity index (χ4v) is 3.58. The van der Waals surface area contributed by atoms with Crippen LogP contribution in [0, 0.1) is 12.8 Å². The molecule has 0 radical (unpaired) electrons. The number of benzene rings is 2. The lowest BCUT2D eigenvalue weighted by Gasteiger charge is -2.19. The molecule has 9 heteroatoms. The lowest BCUT2D eigenvalue weighted by molar-refractivity contribution is -0.151. The summed E-state index contributed by atoms with van der Waals surface area (Å²) >= 11 is 6.14. The number of hydrogen-bond acceptors (Lipinski definition) is 6. The van der Waals surface area contributed by atoms with E-state index in [1.807, 2.05) is 13.8 Å². The van der Waals surface area contributed by atoms with Crippen LogP contribution in [0.3, 0.4) is 0 Å². The van der Waals surface area contributed by atoms with Crippen molar-refractivity contribution in [2.24, 2.45) is 5.92 Å². The lowest BCUT2D eigenvalue weighted by Crippen LogP contribution is -2.28. The molecule has 1 atom stereocenters. The first-order valence-corrected chi connectivity index (χ1v) is 11.0. The topological polar surface area (TPSA) is 102 Å². The van der Waals surface area contributed by atoms with Crippen molar-refractivity contribution in [3.8, 4) is 0 Å². The quantitative estimate of drug-likeness (QED) is 0.587. The number of hydrogen-bond donors (Lipinski definition) is 1. The van der Waals surface area contributed by atoms with Crippen LogP contribution in [0.2, 0.25) is 5.02 Å². The molecule has 1 heterocycles. The molecule has 1 fully saturated rings. The van der Waals surface area contributed by atoms with Crippen LogP contribution in [-0.4, -0.2) is 43.5 Å². The number of nitrogens with one attached hydrogen (secondary N) is 1. The molecule has 0 unspecified atom stereocenters. The highest BCUT2D eigenvalue weighted by molar-refractivity contribution is 6.31. The molecule has 8 nitrogen and oxygen atoms in total. The van der Waals surface area contributed by atoms with Gasteiger partial charge in [-0.3, -0.25) is 14.4 Å². The fourth-order valence-electron chi connectivity index (χ4n) is 3.41. The largest absolute Gasteiger partial charge is 0.462 e. The van der Waals surface area contributed by atoms with Gasteiger partial charge in [-0.1, -0.05) is 24.6 Å². The van der Waals surface area contributed by atoms with Crippen molar-refractivity contribution in [1.29, 1.82) is 0 Å². The van der Waals surface area contributed by atoms with Gasteiger partial charge in [-0.25, -0.2) is 4.79 Å². The Morgan fingerprint density at radius 2 is 1.85 bits per heavy atom. The molecule has 0 spiro atoms. The predicted molar refractivity (Wildman–Crippen MR) is 123 cm³/mol. The molecular formula is C24H25ClN2O6. The van der Waals surface area contributed by atoms with Gasteiger partial charge < -0.3 is 19.7 Å². The van der Waals surface area contributed by atoms with Gasteiger partial charge in [0.15, 0.2) is 6.61 Å². The highest BCUT2D eigenvalue weighted by atomic mass is 35.5. The highest BCUT2D eigenvalue weighted by Gasteiger charge is 2.37. The molecule has 33 heavy (non-hydrogen) atoms. The number of rotatable bonds is 8. The Labute approximate surface area is 196 Å². The third kappa shape index (κ3) is 6.10. The molecule has 1 saturated heterocycles. The van der Waals surface area contributed by atoms with Gasteiger partial charge >= 0.3 is 11.9 Å². The fraction of sp³-hybridized carbons (Fsp3) is 0.333. The zero-order valence-corrected chi connectivity index (χ0v) is 19.2. The minimum atomic E-state index is -0.669. The Balaban J connectivity index is 1.49. The maximum atomic E-state index is 12.4. The van der Waals surface area contributed by atoms with Crippen LogP contribution in [0.25, 0.3) is 0 Å². The van der Waals surface area contributed by atoms with Crippen LogP contribution in [0.5, 0.6) is 0 Å². The van der Waals surface area contributed by atoms with E-state index in [-0.39, 0.29) is 18.9 Å². The summed E-state index contributed by atoms with van der Waals surface area (Å²) in [7, 11) is 0. The summed E-state index contributed by atoms with van der Waals surface area (Å²) in [5.41, 5.74) is 2.23. The van der Waals surface area contributed by atoms with Crippen molar-refractivity contribution in [2.45, 2.75) is 26.7 Å². The minimum Gasteiger partial charge on any atom is -0.462 e. The molecule has 3 rings (SSSR count). The molecule has 1 aliphatic rings. The monoisotopic (exact) mass is 472 g/mol. The SMILES string of the molecule is CCCOC(=O)c1ccc(NC(=O)COC(=O)[C@@H]2CC(=O)N(c3cccc(Cl)c3C)C2)cc1. The number of nitrogens with zero attached hydrogens (tertiary/aromatic N) is 1. The normalized spacial score (nSPS) is 15.3. The van der Waals surface area contributed by atoms with E-state index < -0.39 is 30.4 Å². The second-order valence-corrected chi connectivity index (χ2v) is 8.07. The lowest BCUT2D eigenvalue weighted by atomic mass is 10.1. The molecule has 0 saturated carbocycles. The van der Waals surface area contributed by atoms with Gasteiger partial charge in [0.05, 0.1) is 18.1 Å². The van der Waals surface area contributed by atoms with Crippen LogP contribution in [-0.2, 0) is 23.9 Å². The zero-order valence-electron chi connectivity index (χ0n) is 18.4. The highest BCUT2D eigenvalue weighted by Crippen LogP contribution is 2.31. The standard InChI is InChI=1S/C24H25ClN2O6/c1-3-11-32-23(30)16-7-9-18(10-8-16)26-21(28)14-33-24(31)17-12-22(29)27(13-17)20-6-4-5-19(25)15(20)2/h4-10,17H,3,11-14H2,1-2H3,(H,26,28)/t17-/m1/s1. The molecule has 0 bridgehead atoms. The second kappa shape index (κ2) is 11.0. The van der Waals surface area contributed by atoms with E-state index >= 15 is 0 Å². The Bertz CT molecular complexity index is 1050. The van der Waals surface area contributed by atoms with Crippen molar-refractivity contribution < 1.29 is 28.7 Å². The number of anilines is 2. The average Bonchev–Trinajstić information content (AvgIpc) is 3.19. The molecule has 1 aliphatic heterocycles. The Hall–Kier alpha value is -3.39. The van der Waals surface area contributed by atoms with E-state index in [0.29, 0.717) is 28.6 Å². The molecule has 174 valence electrons. The summed E-state index contributed by atoms with van der Waals surface area (Å²) in [4.78, 5) is 50.3. The number of ether oxygens (including phenoxy) is 2. The van der Waals surface area contributed by atoms with Gasteiger partial charge in [0.1, 0.15) is 0 Å². The van der Waals surface area contributed by atoms with Gasteiger partial charge in [-0.05, 0) is 55.3 Å². The van der Waals surface area contributed by atoms with Crippen molar-refractivity contribution in [2.75, 3.05) is 30.0 Å². The van der Waals surface area contributed by atoms with Crippen LogP contribution in [0.1, 0.15) is 35.7 Å². The van der Waals surface area contributed by atoms with E-state index in [9.17, 15) is 19.2 Å². The first-order chi connectivity index (χ1) is 15.8. The number of amides is 2. The molecule has 2 amide bonds. The maximum absolute atomic E-state index is 12.4. The van der Waals surface area contributed by atoms with Gasteiger partial charge in [-0.15, -0.1) is 0 Å². The first kappa shape index (κ1) is 24.3. The van der Waals surface area contributed by atoms with Gasteiger partial charge in [0, 0.05) is 29.4 Å². The number of carbonyl (C=O) groups excluding carboxylic acids is 4. The van der Waals surface area contributed by atoms with E-state index in [0.717, 1.165) is 12.0 Å². The third-order valence-electron chi connectivity index (χ3n) is 5.18. The van der Waals surface area contributed by atoms with Crippen LogP contribution >= 0.6 is 11.6 Å². The summed E-state index contributed by atoms with van der Waals surface area (Å²) < 4.78 is 10.2. The molecule has 0 aliphatic carbocycles. The van der Waals surface area contributed by atoms with Crippen LogP contribution < -0.4 is 10.2 Å². The van der Waals surface area contributed by atoms with E-state index in [1.54, 1.807) is 30.3 Å². The predicted octanol–water partition coefficient (Wildman–Crippen LogP) is 3.75. The first-order valence-electron chi connectivity index (χ1n) is 10.6. The van der Waals surface area contributed by atoms with Crippen molar-refractivity contribution in [3.63, 3.8) is 0 Å². The smallest absolute Gasteiger partial charge is 0.338 e. The second-order valence-electron chi connectivity index (χ2n) is 7.66. The minimum absolute atomic E-state index is 0.00198. The number of halogens is 1. The summed E-state index contributed by atoms with van der Waals surface area (Å²) in [5.74, 6) is -2.45. The van der Waals surface area contributed by atoms with Gasteiger partial charge in [-0.2, -0.15) is 0 Å². The molecule has 2 aromatic rings. The Morgan fingerprint density at radius 3 is 2.55 bits per heavy atom. The Kier molecular flexibility index (Phi) is 8.06. The number of esters is 2. The van der Waals surface area contributed by atoms with E-state index in [4.69, 9.17) is 21.1 Å². The van der Waals surface area contributed by atoms with Crippen molar-refractivity contribution >= 4 is 46.7 Å². The molecular weight excluding hydrogens is 448 g/mol. The van der Waals surface area contributed by atoms with Crippen molar-refractivity contribution in [1.82, 2.24) is 0 Å². The van der Waals surface area contributed by atoms with E-state index in [2.05, 4.69) is 5.32 Å². The van der Waals surface area contributed by atoms with E-state index in [1.165, 1.54) is 17.0 Å². The van der Waals surface area contributed by atoms with Crippen molar-refractivity contribution in [3.05, 3.63) is 58.6 Å². The zero-order chi connectivity index (χ0) is 24.0. The summed E-state index contributed by atoms with van der Waals surface area (Å²) in [6, 6.07) is 11.4. The summed E-state index contributed by atoms with van der Waals surface area (Å²) in [6.45, 7) is 3.73. The van der Waals surface area contributed by atoms with Gasteiger partial charge in [0.25, 0.3) is 5.91 Å². The summed E-state index contributed by atoms with van der Waals surface area (Å²) in [5, 5.41) is 3.13. The van der Waals surface area contributed by atoms with Crippen LogP contribution in [0.4, 0.5) is 11.4 Å². The number of carbonyl (C=O) groups is 4. The molecule has 2 aromatic carbocycles. The summed E-state index contributed by atoms with van der Waals surface area (Å²) in [6.07, 6.45) is 0.730. The molecule has 1 N–H and O–H groups in total. The van der Waals surface area contributed by atoms with Crippen LogP contribution in [0.15, 0.2) is 42.5 Å². The average molecular weight is 473 g/mol.